The van der Waals surface area contributed by atoms with Crippen LogP contribution >= 0.6 is 11.3 Å². The van der Waals surface area contributed by atoms with Crippen LogP contribution in [0.2, 0.25) is 0 Å². The van der Waals surface area contributed by atoms with Gasteiger partial charge in [0.15, 0.2) is 0 Å². The highest BCUT2D eigenvalue weighted by Crippen LogP contribution is 2.21. The van der Waals surface area contributed by atoms with Crippen molar-refractivity contribution in [1.82, 2.24) is 20.5 Å². The minimum atomic E-state index is -0.311. The number of carbonyl (C=O) groups excluding carboxylic acids is 2. The lowest BCUT2D eigenvalue weighted by molar-refractivity contribution is -0.120. The van der Waals surface area contributed by atoms with Gasteiger partial charge >= 0.3 is 0 Å². The molecule has 1 aromatic carbocycles. The van der Waals surface area contributed by atoms with Crippen molar-refractivity contribution in [3.63, 3.8) is 0 Å². The average molecular weight is 421 g/mol. The first-order chi connectivity index (χ1) is 14.0. The van der Waals surface area contributed by atoms with Gasteiger partial charge in [-0.3, -0.25) is 14.5 Å². The number of amides is 2. The van der Waals surface area contributed by atoms with E-state index >= 15 is 0 Å². The van der Waals surface area contributed by atoms with Gasteiger partial charge in [-0.1, -0.05) is 12.1 Å². The van der Waals surface area contributed by atoms with E-state index in [1.54, 1.807) is 19.1 Å². The van der Waals surface area contributed by atoms with Gasteiger partial charge in [-0.25, -0.2) is 9.37 Å². The predicted octanol–water partition coefficient (Wildman–Crippen LogP) is 1.36. The van der Waals surface area contributed by atoms with Crippen molar-refractivity contribution in [1.29, 1.82) is 0 Å². The maximum Gasteiger partial charge on any atom is 0.263 e. The van der Waals surface area contributed by atoms with Crippen LogP contribution in [0.1, 0.15) is 25.9 Å². The zero-order valence-electron chi connectivity index (χ0n) is 16.4. The summed E-state index contributed by atoms with van der Waals surface area (Å²) in [6, 6.07) is 6.21. The Hall–Kier alpha value is -2.36. The highest BCUT2D eigenvalue weighted by atomic mass is 32.1. The lowest BCUT2D eigenvalue weighted by Crippen LogP contribution is -2.43. The Labute approximate surface area is 173 Å². The standard InChI is InChI=1S/C20H25FN4O3S/c1-14-19(29-18(24-14)12-15-2-4-16(21)5-3-15)20(27)23-13-17(26)22-6-7-25-8-10-28-11-9-25/h2-5H,6-13H2,1H3,(H,22,26)(H,23,27). The molecule has 2 N–H and O–H groups in total. The molecule has 2 aromatic rings. The first kappa shape index (κ1) is 21.4. The van der Waals surface area contributed by atoms with E-state index in [4.69, 9.17) is 4.74 Å². The van der Waals surface area contributed by atoms with Crippen LogP contribution in [0, 0.1) is 12.7 Å². The Morgan fingerprint density at radius 3 is 2.66 bits per heavy atom. The molecule has 2 amide bonds. The van der Waals surface area contributed by atoms with Crippen LogP contribution in [0.4, 0.5) is 4.39 Å². The van der Waals surface area contributed by atoms with Crippen molar-refractivity contribution in [2.75, 3.05) is 45.9 Å². The van der Waals surface area contributed by atoms with Gasteiger partial charge in [0.05, 0.1) is 30.5 Å². The normalized spacial score (nSPS) is 14.6. The fourth-order valence-electron chi connectivity index (χ4n) is 3.00. The molecule has 1 fully saturated rings. The number of nitrogens with one attached hydrogen (secondary N) is 2. The summed E-state index contributed by atoms with van der Waals surface area (Å²) in [5.74, 6) is -0.818. The molecule has 156 valence electrons. The van der Waals surface area contributed by atoms with Gasteiger partial charge in [0.25, 0.3) is 5.91 Å². The number of hydrogen-bond donors (Lipinski definition) is 2. The second kappa shape index (κ2) is 10.4. The third-order valence-electron chi connectivity index (χ3n) is 4.58. The van der Waals surface area contributed by atoms with Crippen molar-refractivity contribution in [3.8, 4) is 0 Å². The summed E-state index contributed by atoms with van der Waals surface area (Å²) < 4.78 is 18.3. The van der Waals surface area contributed by atoms with E-state index in [0.717, 1.165) is 43.4 Å². The summed E-state index contributed by atoms with van der Waals surface area (Å²) in [5, 5.41) is 6.24. The zero-order chi connectivity index (χ0) is 20.6. The van der Waals surface area contributed by atoms with E-state index in [-0.39, 0.29) is 24.2 Å². The summed E-state index contributed by atoms with van der Waals surface area (Å²) in [7, 11) is 0. The number of thiazole rings is 1. The van der Waals surface area contributed by atoms with Gasteiger partial charge in [-0.05, 0) is 24.6 Å². The van der Waals surface area contributed by atoms with Gasteiger partial charge in [0.2, 0.25) is 5.91 Å². The minimum absolute atomic E-state index is 0.0768. The van der Waals surface area contributed by atoms with Crippen LogP contribution in [0.5, 0.6) is 0 Å². The van der Waals surface area contributed by atoms with Crippen molar-refractivity contribution in [2.24, 2.45) is 0 Å². The first-order valence-corrected chi connectivity index (χ1v) is 10.4. The number of nitrogens with zero attached hydrogens (tertiary/aromatic N) is 2. The molecule has 7 nitrogen and oxygen atoms in total. The van der Waals surface area contributed by atoms with Crippen LogP contribution < -0.4 is 10.6 Å². The molecule has 2 heterocycles. The molecular formula is C20H25FN4O3S. The molecule has 1 aliphatic rings. The molecule has 9 heteroatoms. The Balaban J connectivity index is 1.43. The molecule has 1 aromatic heterocycles. The van der Waals surface area contributed by atoms with Gasteiger partial charge in [-0.15, -0.1) is 11.3 Å². The Morgan fingerprint density at radius 2 is 1.93 bits per heavy atom. The topological polar surface area (TPSA) is 83.6 Å². The molecule has 0 saturated carbocycles. The highest BCUT2D eigenvalue weighted by Gasteiger charge is 2.16. The monoisotopic (exact) mass is 420 g/mol. The van der Waals surface area contributed by atoms with Gasteiger partial charge in [0, 0.05) is 32.6 Å². The summed E-state index contributed by atoms with van der Waals surface area (Å²) in [6.45, 7) is 6.19. The zero-order valence-corrected chi connectivity index (χ0v) is 17.2. The predicted molar refractivity (Wildman–Crippen MR) is 109 cm³/mol. The number of halogens is 1. The summed E-state index contributed by atoms with van der Waals surface area (Å²) in [5.41, 5.74) is 1.55. The molecule has 3 rings (SSSR count). The molecule has 29 heavy (non-hydrogen) atoms. The first-order valence-electron chi connectivity index (χ1n) is 9.57. The Morgan fingerprint density at radius 1 is 1.21 bits per heavy atom. The second-order valence-corrected chi connectivity index (χ2v) is 7.90. The van der Waals surface area contributed by atoms with Crippen molar-refractivity contribution < 1.29 is 18.7 Å². The van der Waals surface area contributed by atoms with Gasteiger partial charge in [0.1, 0.15) is 10.7 Å². The minimum Gasteiger partial charge on any atom is -0.379 e. The van der Waals surface area contributed by atoms with Crippen LogP contribution in [0.25, 0.3) is 0 Å². The SMILES string of the molecule is Cc1nc(Cc2ccc(F)cc2)sc1C(=O)NCC(=O)NCCN1CCOCC1. The van der Waals surface area contributed by atoms with Crippen LogP contribution in [-0.2, 0) is 16.0 Å². The average Bonchev–Trinajstić information content (AvgIpc) is 3.09. The third kappa shape index (κ3) is 6.59. The van der Waals surface area contributed by atoms with Crippen LogP contribution in [0.15, 0.2) is 24.3 Å². The smallest absolute Gasteiger partial charge is 0.263 e. The molecule has 0 unspecified atom stereocenters. The van der Waals surface area contributed by atoms with E-state index in [2.05, 4.69) is 20.5 Å². The Kier molecular flexibility index (Phi) is 7.68. The fourth-order valence-corrected chi connectivity index (χ4v) is 4.01. The highest BCUT2D eigenvalue weighted by molar-refractivity contribution is 7.13. The van der Waals surface area contributed by atoms with Gasteiger partial charge < -0.3 is 15.4 Å². The lowest BCUT2D eigenvalue weighted by Gasteiger charge is -2.26. The van der Waals surface area contributed by atoms with Crippen molar-refractivity contribution >= 4 is 23.2 Å². The van der Waals surface area contributed by atoms with E-state index in [0.29, 0.717) is 23.5 Å². The second-order valence-electron chi connectivity index (χ2n) is 6.81. The van der Waals surface area contributed by atoms with Crippen molar-refractivity contribution in [2.45, 2.75) is 13.3 Å². The molecule has 0 spiro atoms. The number of aromatic nitrogens is 1. The number of morpholine rings is 1. The van der Waals surface area contributed by atoms with E-state index in [1.807, 2.05) is 0 Å². The molecule has 1 saturated heterocycles. The number of rotatable bonds is 8. The maximum absolute atomic E-state index is 13.0. The van der Waals surface area contributed by atoms with Crippen LogP contribution in [-0.4, -0.2) is 67.6 Å². The maximum atomic E-state index is 13.0. The molecule has 0 bridgehead atoms. The quantitative estimate of drug-likeness (QED) is 0.674. The molecule has 0 radical (unpaired) electrons. The number of aryl methyl sites for hydroxylation is 1. The van der Waals surface area contributed by atoms with Crippen LogP contribution in [0.3, 0.4) is 0 Å². The van der Waals surface area contributed by atoms with Crippen molar-refractivity contribution in [3.05, 3.63) is 51.2 Å². The summed E-state index contributed by atoms with van der Waals surface area (Å²) in [6.07, 6.45) is 0.529. The summed E-state index contributed by atoms with van der Waals surface area (Å²) >= 11 is 1.29. The third-order valence-corrected chi connectivity index (χ3v) is 5.74. The van der Waals surface area contributed by atoms with Gasteiger partial charge in [-0.2, -0.15) is 0 Å². The number of benzene rings is 1. The molecular weight excluding hydrogens is 395 g/mol. The molecule has 1 aliphatic heterocycles. The van der Waals surface area contributed by atoms with E-state index in [1.165, 1.54) is 23.5 Å². The lowest BCUT2D eigenvalue weighted by atomic mass is 10.1. The molecule has 0 atom stereocenters. The summed E-state index contributed by atoms with van der Waals surface area (Å²) in [4.78, 5) is 31.5. The van der Waals surface area contributed by atoms with E-state index in [9.17, 15) is 14.0 Å². The Bertz CT molecular complexity index is 835. The van der Waals surface area contributed by atoms with E-state index < -0.39 is 0 Å². The number of ether oxygens (including phenoxy) is 1. The fraction of sp³-hybridized carbons (Fsp3) is 0.450. The molecule has 0 aliphatic carbocycles. The number of carbonyl (C=O) groups is 2. The number of hydrogen-bond acceptors (Lipinski definition) is 6. The largest absolute Gasteiger partial charge is 0.379 e.